The molecule has 2 rings (SSSR count). The molecule has 0 spiro atoms. The molecule has 0 amide bonds. The van der Waals surface area contributed by atoms with Crippen molar-refractivity contribution in [3.05, 3.63) is 70.8 Å². The summed E-state index contributed by atoms with van der Waals surface area (Å²) in [7, 11) is 0. The molecule has 0 aromatic heterocycles. The predicted octanol–water partition coefficient (Wildman–Crippen LogP) is 2.83. The van der Waals surface area contributed by atoms with Crippen LogP contribution >= 0.6 is 0 Å². The van der Waals surface area contributed by atoms with Crippen molar-refractivity contribution < 1.29 is 8.78 Å². The molecule has 3 N–H and O–H groups in total. The van der Waals surface area contributed by atoms with E-state index in [0.717, 1.165) is 17.2 Å². The first kappa shape index (κ1) is 12.7. The van der Waals surface area contributed by atoms with Gasteiger partial charge in [0.15, 0.2) is 0 Å². The Morgan fingerprint density at radius 2 is 1.67 bits per heavy atom. The minimum absolute atomic E-state index is 0.435. The first-order valence-electron chi connectivity index (χ1n) is 5.59. The van der Waals surface area contributed by atoms with Crippen LogP contribution in [0.3, 0.4) is 0 Å². The lowest BCUT2D eigenvalue weighted by Gasteiger charge is -2.17. The largest absolute Gasteiger partial charge is 0.271 e. The Balaban J connectivity index is 2.45. The molecule has 2 aromatic rings. The second kappa shape index (κ2) is 5.25. The molecule has 0 bridgehead atoms. The molecule has 2 aromatic carbocycles. The number of nitrogens with one attached hydrogen (secondary N) is 1. The molecule has 0 aliphatic carbocycles. The number of benzene rings is 2. The SMILES string of the molecule is Cc1cccc(C(NN)c2cc(F)cc(F)c2)c1. The summed E-state index contributed by atoms with van der Waals surface area (Å²) in [6.07, 6.45) is 0. The van der Waals surface area contributed by atoms with E-state index in [9.17, 15) is 8.78 Å². The number of hydrogen-bond donors (Lipinski definition) is 2. The zero-order valence-electron chi connectivity index (χ0n) is 9.95. The Hall–Kier alpha value is -1.78. The van der Waals surface area contributed by atoms with Crippen molar-refractivity contribution in [2.75, 3.05) is 0 Å². The van der Waals surface area contributed by atoms with Crippen molar-refractivity contribution >= 4 is 0 Å². The van der Waals surface area contributed by atoms with Gasteiger partial charge in [0, 0.05) is 6.07 Å². The number of hydrazine groups is 1. The van der Waals surface area contributed by atoms with Gasteiger partial charge in [-0.1, -0.05) is 29.8 Å². The Morgan fingerprint density at radius 1 is 1.00 bits per heavy atom. The molecule has 1 atom stereocenters. The van der Waals surface area contributed by atoms with Crippen LogP contribution in [-0.2, 0) is 0 Å². The van der Waals surface area contributed by atoms with E-state index in [2.05, 4.69) is 5.43 Å². The van der Waals surface area contributed by atoms with E-state index in [1.807, 2.05) is 31.2 Å². The second-order valence-electron chi connectivity index (χ2n) is 4.22. The van der Waals surface area contributed by atoms with E-state index < -0.39 is 17.7 Å². The fourth-order valence-electron chi connectivity index (χ4n) is 1.98. The lowest BCUT2D eigenvalue weighted by molar-refractivity contribution is 0.566. The molecule has 0 radical (unpaired) electrons. The first-order valence-corrected chi connectivity index (χ1v) is 5.59. The quantitative estimate of drug-likeness (QED) is 0.647. The molecule has 94 valence electrons. The van der Waals surface area contributed by atoms with Gasteiger partial charge in [-0.3, -0.25) is 5.84 Å². The number of halogens is 2. The van der Waals surface area contributed by atoms with Crippen molar-refractivity contribution in [1.29, 1.82) is 0 Å². The lowest BCUT2D eigenvalue weighted by Crippen LogP contribution is -2.29. The van der Waals surface area contributed by atoms with Gasteiger partial charge in [-0.2, -0.15) is 0 Å². The van der Waals surface area contributed by atoms with E-state index in [4.69, 9.17) is 5.84 Å². The van der Waals surface area contributed by atoms with Crippen LogP contribution < -0.4 is 11.3 Å². The average molecular weight is 248 g/mol. The average Bonchev–Trinajstić information content (AvgIpc) is 2.28. The molecule has 2 nitrogen and oxygen atoms in total. The summed E-state index contributed by atoms with van der Waals surface area (Å²) in [5.74, 6) is 4.27. The summed E-state index contributed by atoms with van der Waals surface area (Å²) in [6, 6.07) is 10.6. The Morgan fingerprint density at radius 3 is 2.22 bits per heavy atom. The standard InChI is InChI=1S/C14H14F2N2/c1-9-3-2-4-10(5-9)14(18-17)11-6-12(15)8-13(16)7-11/h2-8,14,18H,17H2,1H3. The van der Waals surface area contributed by atoms with Gasteiger partial charge in [0.1, 0.15) is 11.6 Å². The summed E-state index contributed by atoms with van der Waals surface area (Å²) in [6.45, 7) is 1.95. The molecule has 0 fully saturated rings. The van der Waals surface area contributed by atoms with Crippen molar-refractivity contribution in [3.63, 3.8) is 0 Å². The molecule has 18 heavy (non-hydrogen) atoms. The highest BCUT2D eigenvalue weighted by Gasteiger charge is 2.14. The number of nitrogens with two attached hydrogens (primary N) is 1. The van der Waals surface area contributed by atoms with Crippen LogP contribution in [0.15, 0.2) is 42.5 Å². The highest BCUT2D eigenvalue weighted by molar-refractivity contribution is 5.34. The van der Waals surface area contributed by atoms with Gasteiger partial charge in [0.2, 0.25) is 0 Å². The zero-order valence-corrected chi connectivity index (χ0v) is 9.95. The van der Waals surface area contributed by atoms with Crippen molar-refractivity contribution in [3.8, 4) is 0 Å². The van der Waals surface area contributed by atoms with Crippen LogP contribution in [0.1, 0.15) is 22.7 Å². The van der Waals surface area contributed by atoms with E-state index in [0.29, 0.717) is 5.56 Å². The summed E-state index contributed by atoms with van der Waals surface area (Å²) in [4.78, 5) is 0. The zero-order chi connectivity index (χ0) is 13.1. The molecular weight excluding hydrogens is 234 g/mol. The van der Waals surface area contributed by atoms with Crippen LogP contribution in [0.4, 0.5) is 8.78 Å². The van der Waals surface area contributed by atoms with E-state index >= 15 is 0 Å². The molecular formula is C14H14F2N2. The van der Waals surface area contributed by atoms with E-state index in [1.54, 1.807) is 0 Å². The highest BCUT2D eigenvalue weighted by atomic mass is 19.1. The Kier molecular flexibility index (Phi) is 3.69. The molecule has 0 heterocycles. The third kappa shape index (κ3) is 2.72. The number of hydrogen-bond acceptors (Lipinski definition) is 2. The topological polar surface area (TPSA) is 38.0 Å². The van der Waals surface area contributed by atoms with Gasteiger partial charge in [0.05, 0.1) is 6.04 Å². The lowest BCUT2D eigenvalue weighted by atomic mass is 9.98. The summed E-state index contributed by atoms with van der Waals surface area (Å²) >= 11 is 0. The normalized spacial score (nSPS) is 12.4. The summed E-state index contributed by atoms with van der Waals surface area (Å²) < 4.78 is 26.4. The van der Waals surface area contributed by atoms with E-state index in [1.165, 1.54) is 12.1 Å². The molecule has 0 saturated heterocycles. The predicted molar refractivity (Wildman–Crippen MR) is 66.7 cm³/mol. The van der Waals surface area contributed by atoms with Crippen molar-refractivity contribution in [2.45, 2.75) is 13.0 Å². The third-order valence-corrected chi connectivity index (χ3v) is 2.76. The van der Waals surface area contributed by atoms with Crippen LogP contribution in [0.2, 0.25) is 0 Å². The monoisotopic (exact) mass is 248 g/mol. The highest BCUT2D eigenvalue weighted by Crippen LogP contribution is 2.23. The smallest absolute Gasteiger partial charge is 0.126 e. The first-order chi connectivity index (χ1) is 8.60. The van der Waals surface area contributed by atoms with Gasteiger partial charge in [-0.25, -0.2) is 14.2 Å². The third-order valence-electron chi connectivity index (χ3n) is 2.76. The minimum atomic E-state index is -0.613. The van der Waals surface area contributed by atoms with Crippen LogP contribution in [0, 0.1) is 18.6 Å². The maximum atomic E-state index is 13.2. The molecule has 0 aliphatic rings. The Labute approximate surface area is 104 Å². The minimum Gasteiger partial charge on any atom is -0.271 e. The maximum Gasteiger partial charge on any atom is 0.126 e. The number of rotatable bonds is 3. The van der Waals surface area contributed by atoms with Gasteiger partial charge in [-0.15, -0.1) is 0 Å². The maximum absolute atomic E-state index is 13.2. The fourth-order valence-corrected chi connectivity index (χ4v) is 1.98. The molecule has 0 saturated carbocycles. The van der Waals surface area contributed by atoms with Gasteiger partial charge >= 0.3 is 0 Å². The van der Waals surface area contributed by atoms with Crippen LogP contribution in [0.25, 0.3) is 0 Å². The number of aryl methyl sites for hydroxylation is 1. The van der Waals surface area contributed by atoms with Gasteiger partial charge < -0.3 is 0 Å². The second-order valence-corrected chi connectivity index (χ2v) is 4.22. The van der Waals surface area contributed by atoms with Gasteiger partial charge in [0.25, 0.3) is 0 Å². The van der Waals surface area contributed by atoms with Crippen LogP contribution in [0.5, 0.6) is 0 Å². The van der Waals surface area contributed by atoms with Gasteiger partial charge in [-0.05, 0) is 30.2 Å². The summed E-state index contributed by atoms with van der Waals surface area (Å²) in [5, 5.41) is 0. The molecule has 0 aliphatic heterocycles. The van der Waals surface area contributed by atoms with Crippen molar-refractivity contribution in [1.82, 2.24) is 5.43 Å². The fraction of sp³-hybridized carbons (Fsp3) is 0.143. The molecule has 4 heteroatoms. The Bertz CT molecular complexity index is 535. The van der Waals surface area contributed by atoms with E-state index in [-0.39, 0.29) is 0 Å². The van der Waals surface area contributed by atoms with Crippen molar-refractivity contribution in [2.24, 2.45) is 5.84 Å². The molecule has 1 unspecified atom stereocenters. The summed E-state index contributed by atoms with van der Waals surface area (Å²) in [5.41, 5.74) is 4.97. The van der Waals surface area contributed by atoms with Crippen LogP contribution in [-0.4, -0.2) is 0 Å².